The van der Waals surface area contributed by atoms with Crippen LogP contribution in [-0.4, -0.2) is 11.7 Å². The van der Waals surface area contributed by atoms with Crippen LogP contribution in [0.1, 0.15) is 11.3 Å². The monoisotopic (exact) mass is 256 g/mol. The third-order valence-electron chi connectivity index (χ3n) is 2.54. The summed E-state index contributed by atoms with van der Waals surface area (Å²) in [6.07, 6.45) is -2.77. The number of hydrogen-bond acceptors (Lipinski definition) is 3. The van der Waals surface area contributed by atoms with Gasteiger partial charge in [-0.25, -0.2) is 0 Å². The maximum absolute atomic E-state index is 12.9. The number of rotatable bonds is 3. The number of nitrogens with two attached hydrogens (primary N) is 1. The number of hydrogen-bond donors (Lipinski definition) is 1. The molecule has 3 nitrogen and oxygen atoms in total. The largest absolute Gasteiger partial charge is 0.417 e. The van der Waals surface area contributed by atoms with Crippen molar-refractivity contribution in [2.75, 3.05) is 6.54 Å². The van der Waals surface area contributed by atoms with E-state index in [1.807, 2.05) is 0 Å². The second-order valence-corrected chi connectivity index (χ2v) is 3.74. The van der Waals surface area contributed by atoms with E-state index in [0.717, 1.165) is 6.07 Å². The first-order valence-corrected chi connectivity index (χ1v) is 5.34. The van der Waals surface area contributed by atoms with E-state index in [0.29, 0.717) is 17.7 Å². The van der Waals surface area contributed by atoms with E-state index in [1.54, 1.807) is 6.07 Å². The minimum absolute atomic E-state index is 0.0645. The van der Waals surface area contributed by atoms with Gasteiger partial charge in [0.05, 0.1) is 11.8 Å². The fourth-order valence-corrected chi connectivity index (χ4v) is 1.76. The Morgan fingerprint density at radius 1 is 1.17 bits per heavy atom. The van der Waals surface area contributed by atoms with E-state index in [-0.39, 0.29) is 12.1 Å². The van der Waals surface area contributed by atoms with Crippen LogP contribution in [0.25, 0.3) is 11.1 Å². The zero-order chi connectivity index (χ0) is 13.2. The Morgan fingerprint density at radius 3 is 2.56 bits per heavy atom. The predicted molar refractivity (Wildman–Crippen MR) is 59.7 cm³/mol. The number of halogens is 3. The summed E-state index contributed by atoms with van der Waals surface area (Å²) in [6, 6.07) is 5.33. The maximum Gasteiger partial charge on any atom is 0.417 e. The van der Waals surface area contributed by atoms with Crippen molar-refractivity contribution in [1.82, 2.24) is 5.16 Å². The van der Waals surface area contributed by atoms with Crippen molar-refractivity contribution < 1.29 is 17.7 Å². The van der Waals surface area contributed by atoms with Crippen LogP contribution in [0.2, 0.25) is 0 Å². The van der Waals surface area contributed by atoms with Gasteiger partial charge in [0.2, 0.25) is 0 Å². The first-order chi connectivity index (χ1) is 8.54. The van der Waals surface area contributed by atoms with E-state index < -0.39 is 11.7 Å². The molecule has 2 rings (SSSR count). The molecule has 0 aliphatic rings. The standard InChI is InChI=1S/C12H11F3N2O/c13-12(14,15)10-4-2-1-3-8(10)9-7-17-18-11(9)5-6-16/h1-4,7H,5-6,16H2. The first-order valence-electron chi connectivity index (χ1n) is 5.34. The summed E-state index contributed by atoms with van der Waals surface area (Å²) < 4.78 is 43.6. The highest BCUT2D eigenvalue weighted by Gasteiger charge is 2.34. The Morgan fingerprint density at radius 2 is 1.89 bits per heavy atom. The van der Waals surface area contributed by atoms with Gasteiger partial charge in [0, 0.05) is 12.0 Å². The van der Waals surface area contributed by atoms with Crippen molar-refractivity contribution in [3.63, 3.8) is 0 Å². The van der Waals surface area contributed by atoms with Crippen molar-refractivity contribution in [2.24, 2.45) is 5.73 Å². The summed E-state index contributed by atoms with van der Waals surface area (Å²) >= 11 is 0. The summed E-state index contributed by atoms with van der Waals surface area (Å²) in [4.78, 5) is 0. The molecule has 6 heteroatoms. The topological polar surface area (TPSA) is 52.0 Å². The SMILES string of the molecule is NCCc1oncc1-c1ccccc1C(F)(F)F. The van der Waals surface area contributed by atoms with Crippen LogP contribution < -0.4 is 5.73 Å². The van der Waals surface area contributed by atoms with Crippen LogP contribution in [0.4, 0.5) is 13.2 Å². The first kappa shape index (κ1) is 12.6. The molecular formula is C12H11F3N2O. The average Bonchev–Trinajstić information content (AvgIpc) is 2.77. The molecular weight excluding hydrogens is 245 g/mol. The van der Waals surface area contributed by atoms with E-state index in [1.165, 1.54) is 18.3 Å². The molecule has 0 unspecified atom stereocenters. The molecule has 0 saturated carbocycles. The molecule has 1 heterocycles. The van der Waals surface area contributed by atoms with E-state index in [4.69, 9.17) is 10.3 Å². The average molecular weight is 256 g/mol. The molecule has 18 heavy (non-hydrogen) atoms. The molecule has 0 radical (unpaired) electrons. The number of aromatic nitrogens is 1. The van der Waals surface area contributed by atoms with Crippen molar-refractivity contribution in [2.45, 2.75) is 12.6 Å². The van der Waals surface area contributed by atoms with Gasteiger partial charge in [-0.1, -0.05) is 23.4 Å². The fourth-order valence-electron chi connectivity index (χ4n) is 1.76. The second kappa shape index (κ2) is 4.81. The summed E-state index contributed by atoms with van der Waals surface area (Å²) in [5.74, 6) is 0.370. The Balaban J connectivity index is 2.54. The number of nitrogens with zero attached hydrogens (tertiary/aromatic N) is 1. The van der Waals surface area contributed by atoms with Gasteiger partial charge >= 0.3 is 6.18 Å². The van der Waals surface area contributed by atoms with Gasteiger partial charge in [-0.2, -0.15) is 13.2 Å². The van der Waals surface area contributed by atoms with Gasteiger partial charge < -0.3 is 10.3 Å². The molecule has 0 spiro atoms. The predicted octanol–water partition coefficient (Wildman–Crippen LogP) is 2.86. The molecule has 0 bridgehead atoms. The van der Waals surface area contributed by atoms with E-state index >= 15 is 0 Å². The Bertz CT molecular complexity index is 534. The van der Waals surface area contributed by atoms with Crippen molar-refractivity contribution >= 4 is 0 Å². The van der Waals surface area contributed by atoms with Gasteiger partial charge in [0.25, 0.3) is 0 Å². The van der Waals surface area contributed by atoms with Crippen LogP contribution in [0.15, 0.2) is 35.0 Å². The van der Waals surface area contributed by atoms with Gasteiger partial charge in [-0.3, -0.25) is 0 Å². The van der Waals surface area contributed by atoms with Crippen LogP contribution in [0.5, 0.6) is 0 Å². The van der Waals surface area contributed by atoms with Crippen LogP contribution in [0, 0.1) is 0 Å². The molecule has 2 N–H and O–H groups in total. The lowest BCUT2D eigenvalue weighted by molar-refractivity contribution is -0.137. The summed E-state index contributed by atoms with van der Waals surface area (Å²) in [6.45, 7) is 0.288. The quantitative estimate of drug-likeness (QED) is 0.918. The molecule has 2 aromatic rings. The van der Waals surface area contributed by atoms with Crippen LogP contribution >= 0.6 is 0 Å². The molecule has 0 aliphatic carbocycles. The van der Waals surface area contributed by atoms with Crippen molar-refractivity contribution in [3.05, 3.63) is 41.8 Å². The van der Waals surface area contributed by atoms with Crippen molar-refractivity contribution in [3.8, 4) is 11.1 Å². The normalized spacial score (nSPS) is 11.8. The third kappa shape index (κ3) is 2.38. The lowest BCUT2D eigenvalue weighted by Gasteiger charge is -2.11. The zero-order valence-corrected chi connectivity index (χ0v) is 9.37. The van der Waals surface area contributed by atoms with Crippen LogP contribution in [0.3, 0.4) is 0 Å². The molecule has 0 aliphatic heterocycles. The highest BCUT2D eigenvalue weighted by Crippen LogP contribution is 2.37. The summed E-state index contributed by atoms with van der Waals surface area (Å²) in [5, 5.41) is 3.54. The van der Waals surface area contributed by atoms with E-state index in [9.17, 15) is 13.2 Å². The van der Waals surface area contributed by atoms with Gasteiger partial charge in [0.1, 0.15) is 5.76 Å². The minimum Gasteiger partial charge on any atom is -0.361 e. The van der Waals surface area contributed by atoms with E-state index in [2.05, 4.69) is 5.16 Å². The highest BCUT2D eigenvalue weighted by molar-refractivity contribution is 5.69. The molecule has 0 atom stereocenters. The number of alkyl halides is 3. The second-order valence-electron chi connectivity index (χ2n) is 3.74. The van der Waals surface area contributed by atoms with Crippen molar-refractivity contribution in [1.29, 1.82) is 0 Å². The molecule has 0 fully saturated rings. The van der Waals surface area contributed by atoms with Gasteiger partial charge in [-0.15, -0.1) is 0 Å². The lowest BCUT2D eigenvalue weighted by atomic mass is 9.99. The fraction of sp³-hybridized carbons (Fsp3) is 0.250. The number of benzene rings is 1. The minimum atomic E-state index is -4.41. The Kier molecular flexibility index (Phi) is 3.38. The molecule has 96 valence electrons. The molecule has 0 amide bonds. The maximum atomic E-state index is 12.9. The molecule has 1 aromatic heterocycles. The van der Waals surface area contributed by atoms with Gasteiger partial charge in [-0.05, 0) is 18.2 Å². The summed E-state index contributed by atoms with van der Waals surface area (Å²) in [5.41, 5.74) is 5.08. The van der Waals surface area contributed by atoms with Gasteiger partial charge in [0.15, 0.2) is 0 Å². The van der Waals surface area contributed by atoms with Crippen LogP contribution in [-0.2, 0) is 12.6 Å². The summed E-state index contributed by atoms with van der Waals surface area (Å²) in [7, 11) is 0. The lowest BCUT2D eigenvalue weighted by Crippen LogP contribution is -2.08. The highest BCUT2D eigenvalue weighted by atomic mass is 19.4. The third-order valence-corrected chi connectivity index (χ3v) is 2.54. The Labute approximate surface area is 101 Å². The molecule has 1 aromatic carbocycles. The smallest absolute Gasteiger partial charge is 0.361 e. The zero-order valence-electron chi connectivity index (χ0n) is 9.37. The molecule has 0 saturated heterocycles. The Hall–Kier alpha value is -1.82.